The van der Waals surface area contributed by atoms with Gasteiger partial charge in [0.05, 0.1) is 5.56 Å². The number of rotatable bonds is 4. The Morgan fingerprint density at radius 3 is 1.72 bits per heavy atom. The summed E-state index contributed by atoms with van der Waals surface area (Å²) in [5.41, 5.74) is 5.55. The van der Waals surface area contributed by atoms with Gasteiger partial charge in [-0.2, -0.15) is 13.2 Å². The van der Waals surface area contributed by atoms with Gasteiger partial charge in [-0.3, -0.25) is 4.90 Å². The van der Waals surface area contributed by atoms with E-state index in [0.29, 0.717) is 12.2 Å². The maximum absolute atomic E-state index is 12.7. The fraction of sp³-hybridized carbons (Fsp3) is 0.444. The summed E-state index contributed by atoms with van der Waals surface area (Å²) < 4.78 is 38.1. The quantitative estimate of drug-likeness (QED) is 0.389. The Bertz CT molecular complexity index is 733. The molecule has 0 spiro atoms. The van der Waals surface area contributed by atoms with Gasteiger partial charge in [0.1, 0.15) is 0 Å². The van der Waals surface area contributed by atoms with Crippen molar-refractivity contribution in [2.24, 2.45) is 5.73 Å². The second kappa shape index (κ2) is 13.8. The van der Waals surface area contributed by atoms with Crippen molar-refractivity contribution in [3.63, 3.8) is 0 Å². The maximum atomic E-state index is 12.7. The largest absolute Gasteiger partial charge is 0.473 e. The molecule has 32 heavy (non-hydrogen) atoms. The van der Waals surface area contributed by atoms with Gasteiger partial charge < -0.3 is 31.1 Å². The molecule has 1 fully saturated rings. The molecule has 1 aliphatic rings. The second-order valence-electron chi connectivity index (χ2n) is 6.24. The summed E-state index contributed by atoms with van der Waals surface area (Å²) >= 11 is 0. The lowest BCUT2D eigenvalue weighted by molar-refractivity contribution is -0.159. The molecule has 0 saturated carbocycles. The van der Waals surface area contributed by atoms with E-state index in [0.717, 1.165) is 45.2 Å². The minimum absolute atomic E-state index is 0.583. The normalized spacial score (nSPS) is 13.7. The molecule has 1 saturated heterocycles. The van der Waals surface area contributed by atoms with Gasteiger partial charge in [0.15, 0.2) is 0 Å². The third kappa shape index (κ3) is 11.7. The number of carboxylic acid groups (broad SMARTS) is 4. The molecule has 11 nitrogen and oxygen atoms in total. The molecule has 0 radical (unpaired) electrons. The lowest BCUT2D eigenvalue weighted by Gasteiger charge is -2.36. The van der Waals surface area contributed by atoms with Crippen LogP contribution in [-0.2, 0) is 25.4 Å². The standard InChI is InChI=1S/C14H20F3N3.2C2H2O4/c15-14(16,17)12-3-1-4-13(11-12)20-9-7-19(8-10-20)6-2-5-18;2*3-1(4)2(5)6/h1,3-4,11H,2,5-10,18H2;2*(H,3,4)(H,5,6). The number of hydrogen-bond donors (Lipinski definition) is 5. The Kier molecular flexibility index (Phi) is 12.4. The number of anilines is 1. The number of halogens is 3. The monoisotopic (exact) mass is 467 g/mol. The summed E-state index contributed by atoms with van der Waals surface area (Å²) in [6, 6.07) is 5.56. The molecule has 1 aromatic rings. The van der Waals surface area contributed by atoms with Gasteiger partial charge in [-0.15, -0.1) is 0 Å². The smallest absolute Gasteiger partial charge is 0.416 e. The zero-order valence-corrected chi connectivity index (χ0v) is 16.8. The molecule has 0 aromatic heterocycles. The molecule has 0 amide bonds. The van der Waals surface area contributed by atoms with Crippen LogP contribution in [0.5, 0.6) is 0 Å². The van der Waals surface area contributed by atoms with Gasteiger partial charge in [0.25, 0.3) is 0 Å². The van der Waals surface area contributed by atoms with E-state index in [4.69, 9.17) is 45.3 Å². The number of carbonyl (C=O) groups is 4. The SMILES string of the molecule is NCCCN1CCN(c2cccc(C(F)(F)F)c2)CC1.O=C(O)C(=O)O.O=C(O)C(=O)O. The highest BCUT2D eigenvalue weighted by molar-refractivity contribution is 6.27. The van der Waals surface area contributed by atoms with Crippen molar-refractivity contribution in [3.05, 3.63) is 29.8 Å². The van der Waals surface area contributed by atoms with Crippen LogP contribution in [0.1, 0.15) is 12.0 Å². The van der Waals surface area contributed by atoms with Crippen LogP contribution in [0.4, 0.5) is 18.9 Å². The van der Waals surface area contributed by atoms with E-state index in [1.54, 1.807) is 6.07 Å². The molecule has 0 unspecified atom stereocenters. The summed E-state index contributed by atoms with van der Waals surface area (Å²) in [6.45, 7) is 4.89. The van der Waals surface area contributed by atoms with Crippen molar-refractivity contribution in [1.82, 2.24) is 4.90 Å². The topological polar surface area (TPSA) is 182 Å². The Hall–Kier alpha value is -3.39. The number of nitrogens with zero attached hydrogens (tertiary/aromatic N) is 2. The first-order chi connectivity index (χ1) is 14.8. The summed E-state index contributed by atoms with van der Waals surface area (Å²) in [5.74, 6) is -7.30. The van der Waals surface area contributed by atoms with Crippen molar-refractivity contribution >= 4 is 29.6 Å². The van der Waals surface area contributed by atoms with Crippen molar-refractivity contribution < 1.29 is 52.8 Å². The highest BCUT2D eigenvalue weighted by Crippen LogP contribution is 2.31. The van der Waals surface area contributed by atoms with Crippen molar-refractivity contribution in [1.29, 1.82) is 0 Å². The van der Waals surface area contributed by atoms with Gasteiger partial charge >= 0.3 is 30.1 Å². The number of alkyl halides is 3. The average Bonchev–Trinajstić information content (AvgIpc) is 2.73. The van der Waals surface area contributed by atoms with Crippen molar-refractivity contribution in [2.45, 2.75) is 12.6 Å². The number of benzene rings is 1. The molecule has 180 valence electrons. The summed E-state index contributed by atoms with van der Waals surface area (Å²) in [4.78, 5) is 40.7. The van der Waals surface area contributed by atoms with Crippen LogP contribution in [0.25, 0.3) is 0 Å². The van der Waals surface area contributed by atoms with Crippen LogP contribution in [0.3, 0.4) is 0 Å². The van der Waals surface area contributed by atoms with E-state index in [2.05, 4.69) is 4.90 Å². The third-order valence-corrected chi connectivity index (χ3v) is 3.96. The fourth-order valence-corrected chi connectivity index (χ4v) is 2.42. The third-order valence-electron chi connectivity index (χ3n) is 3.96. The van der Waals surface area contributed by atoms with E-state index in [9.17, 15) is 13.2 Å². The van der Waals surface area contributed by atoms with E-state index in [-0.39, 0.29) is 0 Å². The first-order valence-corrected chi connectivity index (χ1v) is 9.06. The lowest BCUT2D eigenvalue weighted by Crippen LogP contribution is -2.46. The van der Waals surface area contributed by atoms with Crippen molar-refractivity contribution in [2.75, 3.05) is 44.2 Å². The minimum Gasteiger partial charge on any atom is -0.473 e. The van der Waals surface area contributed by atoms with E-state index in [1.807, 2.05) is 4.90 Å². The van der Waals surface area contributed by atoms with Crippen LogP contribution in [-0.4, -0.2) is 88.5 Å². The molecular weight excluding hydrogens is 443 g/mol. The number of aliphatic carboxylic acids is 4. The molecule has 2 rings (SSSR count). The van der Waals surface area contributed by atoms with E-state index in [1.165, 1.54) is 12.1 Å². The first-order valence-electron chi connectivity index (χ1n) is 9.06. The van der Waals surface area contributed by atoms with Crippen LogP contribution < -0.4 is 10.6 Å². The molecule has 0 atom stereocenters. The van der Waals surface area contributed by atoms with Crippen LogP contribution in [0.2, 0.25) is 0 Å². The van der Waals surface area contributed by atoms with Crippen molar-refractivity contribution in [3.8, 4) is 0 Å². The minimum atomic E-state index is -4.28. The predicted octanol–water partition coefficient (Wildman–Crippen LogP) is 0.487. The molecule has 6 N–H and O–H groups in total. The molecule has 1 aromatic carbocycles. The van der Waals surface area contributed by atoms with Gasteiger partial charge in [-0.25, -0.2) is 19.2 Å². The molecule has 1 aliphatic heterocycles. The maximum Gasteiger partial charge on any atom is 0.416 e. The number of nitrogens with two attached hydrogens (primary N) is 1. The Labute approximate surface area is 180 Å². The Balaban J connectivity index is 0.000000662. The number of piperazine rings is 1. The Morgan fingerprint density at radius 2 is 1.34 bits per heavy atom. The van der Waals surface area contributed by atoms with Gasteiger partial charge in [0.2, 0.25) is 0 Å². The van der Waals surface area contributed by atoms with Gasteiger partial charge in [-0.05, 0) is 37.7 Å². The van der Waals surface area contributed by atoms with E-state index < -0.39 is 35.6 Å². The zero-order valence-electron chi connectivity index (χ0n) is 16.8. The summed E-state index contributed by atoms with van der Waals surface area (Å²) in [6.07, 6.45) is -3.32. The molecular formula is C18H24F3N3O8. The zero-order chi connectivity index (χ0) is 24.9. The van der Waals surface area contributed by atoms with Crippen LogP contribution in [0.15, 0.2) is 24.3 Å². The predicted molar refractivity (Wildman–Crippen MR) is 104 cm³/mol. The van der Waals surface area contributed by atoms with E-state index >= 15 is 0 Å². The molecule has 0 bridgehead atoms. The molecule has 1 heterocycles. The van der Waals surface area contributed by atoms with Crippen LogP contribution >= 0.6 is 0 Å². The van der Waals surface area contributed by atoms with Gasteiger partial charge in [0, 0.05) is 31.9 Å². The summed E-state index contributed by atoms with van der Waals surface area (Å²) in [7, 11) is 0. The van der Waals surface area contributed by atoms with Gasteiger partial charge in [-0.1, -0.05) is 6.07 Å². The molecule has 0 aliphatic carbocycles. The first kappa shape index (κ1) is 28.6. The second-order valence-corrected chi connectivity index (χ2v) is 6.24. The number of carboxylic acids is 4. The molecule has 14 heteroatoms. The summed E-state index contributed by atoms with van der Waals surface area (Å²) in [5, 5.41) is 29.6. The fourth-order valence-electron chi connectivity index (χ4n) is 2.42. The average molecular weight is 467 g/mol. The lowest BCUT2D eigenvalue weighted by atomic mass is 10.1. The highest BCUT2D eigenvalue weighted by atomic mass is 19.4. The van der Waals surface area contributed by atoms with Crippen LogP contribution in [0, 0.1) is 0 Å². The highest BCUT2D eigenvalue weighted by Gasteiger charge is 2.31. The number of hydrogen-bond acceptors (Lipinski definition) is 7. The Morgan fingerprint density at radius 1 is 0.875 bits per heavy atom.